The minimum absolute atomic E-state index is 0.840. The summed E-state index contributed by atoms with van der Waals surface area (Å²) in [5.41, 5.74) is 0.840. The molecule has 0 N–H and O–H groups in total. The first-order valence-electron chi connectivity index (χ1n) is 2.68. The van der Waals surface area contributed by atoms with E-state index < -0.39 is 0 Å². The largest absolute Gasteiger partial charge is 0.273 e. The van der Waals surface area contributed by atoms with Crippen molar-refractivity contribution in [2.45, 2.75) is 13.5 Å². The van der Waals surface area contributed by atoms with E-state index in [4.69, 9.17) is 0 Å². The molecule has 0 aromatic carbocycles. The van der Waals surface area contributed by atoms with E-state index in [9.17, 15) is 0 Å². The number of nitrogens with zero attached hydrogens (tertiary/aromatic N) is 2. The van der Waals surface area contributed by atoms with Crippen molar-refractivity contribution in [3.8, 4) is 0 Å². The highest BCUT2D eigenvalue weighted by molar-refractivity contribution is 5.01. The van der Waals surface area contributed by atoms with Crippen molar-refractivity contribution in [3.05, 3.63) is 24.9 Å². The van der Waals surface area contributed by atoms with Gasteiger partial charge in [-0.1, -0.05) is 0 Å². The minimum atomic E-state index is 0.840. The highest BCUT2D eigenvalue weighted by Crippen LogP contribution is 1.90. The summed E-state index contributed by atoms with van der Waals surface area (Å²) in [6.45, 7) is 6.63. The van der Waals surface area contributed by atoms with Gasteiger partial charge < -0.3 is 0 Å². The summed E-state index contributed by atoms with van der Waals surface area (Å²) in [5.74, 6) is 0. The highest BCUT2D eigenvalue weighted by Gasteiger charge is 1.86. The van der Waals surface area contributed by atoms with E-state index in [0.717, 1.165) is 12.2 Å². The van der Waals surface area contributed by atoms with Crippen LogP contribution in [0.4, 0.5) is 0 Å². The van der Waals surface area contributed by atoms with Crippen LogP contribution >= 0.6 is 0 Å². The maximum Gasteiger partial charge on any atom is 0.0628 e. The van der Waals surface area contributed by atoms with E-state index in [2.05, 4.69) is 12.0 Å². The van der Waals surface area contributed by atoms with Crippen molar-refractivity contribution in [3.63, 3.8) is 0 Å². The van der Waals surface area contributed by atoms with Crippen molar-refractivity contribution < 1.29 is 0 Å². The van der Waals surface area contributed by atoms with Crippen LogP contribution in [0.25, 0.3) is 0 Å². The fraction of sp³-hybridized carbons (Fsp3) is 0.333. The smallest absolute Gasteiger partial charge is 0.0628 e. The minimum Gasteiger partial charge on any atom is -0.273 e. The van der Waals surface area contributed by atoms with Gasteiger partial charge in [0.1, 0.15) is 0 Å². The molecule has 2 nitrogen and oxygen atoms in total. The Kier molecular flexibility index (Phi) is 1.33. The molecule has 0 aliphatic heterocycles. The molecule has 0 saturated carbocycles. The SMILES string of the molecule is [CH2]c1ccn(CC)n1. The van der Waals surface area contributed by atoms with Gasteiger partial charge in [-0.2, -0.15) is 5.10 Å². The van der Waals surface area contributed by atoms with E-state index in [1.165, 1.54) is 0 Å². The monoisotopic (exact) mass is 109 g/mol. The number of rotatable bonds is 1. The summed E-state index contributed by atoms with van der Waals surface area (Å²) in [6, 6.07) is 1.89. The molecule has 1 rings (SSSR count). The van der Waals surface area contributed by atoms with Crippen LogP contribution in [0.15, 0.2) is 12.3 Å². The van der Waals surface area contributed by atoms with Crippen LogP contribution < -0.4 is 0 Å². The third-order valence-corrected chi connectivity index (χ3v) is 1.02. The van der Waals surface area contributed by atoms with Gasteiger partial charge in [-0.3, -0.25) is 4.68 Å². The van der Waals surface area contributed by atoms with E-state index >= 15 is 0 Å². The lowest BCUT2D eigenvalue weighted by Gasteiger charge is -1.89. The molecule has 0 atom stereocenters. The Hall–Kier alpha value is -0.790. The zero-order chi connectivity index (χ0) is 5.98. The van der Waals surface area contributed by atoms with Crippen LogP contribution in [0.3, 0.4) is 0 Å². The Labute approximate surface area is 49.1 Å². The zero-order valence-corrected chi connectivity index (χ0v) is 4.96. The number of aryl methyl sites for hydroxylation is 1. The molecule has 0 fully saturated rings. The van der Waals surface area contributed by atoms with E-state index in [0.29, 0.717) is 0 Å². The Morgan fingerprint density at radius 2 is 2.62 bits per heavy atom. The Balaban J connectivity index is 2.84. The molecule has 1 radical (unpaired) electrons. The molecule has 0 aliphatic rings. The predicted octanol–water partition coefficient (Wildman–Crippen LogP) is 1.09. The Morgan fingerprint density at radius 3 is 2.88 bits per heavy atom. The molecular formula is C6H9N2. The summed E-state index contributed by atoms with van der Waals surface area (Å²) in [6.07, 6.45) is 1.92. The topological polar surface area (TPSA) is 17.8 Å². The van der Waals surface area contributed by atoms with Crippen LogP contribution in [-0.2, 0) is 6.54 Å². The molecule has 2 heteroatoms. The fourth-order valence-electron chi connectivity index (χ4n) is 0.580. The lowest BCUT2D eigenvalue weighted by atomic mass is 10.5. The predicted molar refractivity (Wildman–Crippen MR) is 32.4 cm³/mol. The average molecular weight is 109 g/mol. The molecule has 1 aromatic heterocycles. The standard InChI is InChI=1S/C6H9N2/c1-3-8-5-4-6(2)7-8/h4-5H,2-3H2,1H3. The first-order chi connectivity index (χ1) is 3.83. The average Bonchev–Trinajstić information content (AvgIpc) is 2.14. The van der Waals surface area contributed by atoms with Crippen molar-refractivity contribution in [2.24, 2.45) is 0 Å². The zero-order valence-electron chi connectivity index (χ0n) is 4.96. The first-order valence-corrected chi connectivity index (χ1v) is 2.68. The molecule has 43 valence electrons. The summed E-state index contributed by atoms with van der Waals surface area (Å²) in [4.78, 5) is 0. The van der Waals surface area contributed by atoms with Crippen LogP contribution in [0.5, 0.6) is 0 Å². The summed E-state index contributed by atoms with van der Waals surface area (Å²) in [5, 5.41) is 4.03. The van der Waals surface area contributed by atoms with Crippen molar-refractivity contribution in [1.82, 2.24) is 9.78 Å². The maximum absolute atomic E-state index is 4.03. The molecule has 0 unspecified atom stereocenters. The van der Waals surface area contributed by atoms with Gasteiger partial charge in [0.2, 0.25) is 0 Å². The number of hydrogen-bond donors (Lipinski definition) is 0. The van der Waals surface area contributed by atoms with Crippen LogP contribution in [0.2, 0.25) is 0 Å². The quantitative estimate of drug-likeness (QED) is 0.527. The van der Waals surface area contributed by atoms with Gasteiger partial charge in [-0.25, -0.2) is 0 Å². The lowest BCUT2D eigenvalue weighted by molar-refractivity contribution is 0.656. The molecule has 0 spiro atoms. The molecule has 1 aromatic rings. The fourth-order valence-corrected chi connectivity index (χ4v) is 0.580. The van der Waals surface area contributed by atoms with Crippen LogP contribution in [0, 0.1) is 6.92 Å². The molecule has 1 heterocycles. The maximum atomic E-state index is 4.03. The van der Waals surface area contributed by atoms with E-state index in [-0.39, 0.29) is 0 Å². The second kappa shape index (κ2) is 1.99. The Morgan fingerprint density at radius 1 is 1.88 bits per heavy atom. The van der Waals surface area contributed by atoms with Gasteiger partial charge in [0, 0.05) is 12.7 Å². The first kappa shape index (κ1) is 5.35. The van der Waals surface area contributed by atoms with Crippen LogP contribution in [-0.4, -0.2) is 9.78 Å². The second-order valence-electron chi connectivity index (χ2n) is 1.66. The lowest BCUT2D eigenvalue weighted by Crippen LogP contribution is -1.93. The molecule has 0 saturated heterocycles. The third kappa shape index (κ3) is 0.886. The van der Waals surface area contributed by atoms with Gasteiger partial charge in [-0.05, 0) is 19.9 Å². The van der Waals surface area contributed by atoms with Gasteiger partial charge >= 0.3 is 0 Å². The van der Waals surface area contributed by atoms with E-state index in [1.807, 2.05) is 23.9 Å². The second-order valence-corrected chi connectivity index (χ2v) is 1.66. The number of aromatic nitrogens is 2. The van der Waals surface area contributed by atoms with Gasteiger partial charge in [0.15, 0.2) is 0 Å². The van der Waals surface area contributed by atoms with Crippen molar-refractivity contribution in [2.75, 3.05) is 0 Å². The van der Waals surface area contributed by atoms with Gasteiger partial charge in [-0.15, -0.1) is 0 Å². The van der Waals surface area contributed by atoms with Crippen LogP contribution in [0.1, 0.15) is 12.6 Å². The molecular weight excluding hydrogens is 100 g/mol. The summed E-state index contributed by atoms with van der Waals surface area (Å²) >= 11 is 0. The molecule has 0 bridgehead atoms. The number of hydrogen-bond acceptors (Lipinski definition) is 1. The van der Waals surface area contributed by atoms with E-state index in [1.54, 1.807) is 0 Å². The highest BCUT2D eigenvalue weighted by atomic mass is 15.3. The molecule has 8 heavy (non-hydrogen) atoms. The summed E-state index contributed by atoms with van der Waals surface area (Å²) < 4.78 is 1.85. The van der Waals surface area contributed by atoms with Gasteiger partial charge in [0.25, 0.3) is 0 Å². The molecule has 0 aliphatic carbocycles. The van der Waals surface area contributed by atoms with Crippen molar-refractivity contribution >= 4 is 0 Å². The van der Waals surface area contributed by atoms with Gasteiger partial charge in [0.05, 0.1) is 5.69 Å². The molecule has 0 amide bonds. The normalized spacial score (nSPS) is 9.75. The Bertz CT molecular complexity index is 167. The summed E-state index contributed by atoms with van der Waals surface area (Å²) in [7, 11) is 0. The third-order valence-electron chi connectivity index (χ3n) is 1.02. The van der Waals surface area contributed by atoms with Crippen molar-refractivity contribution in [1.29, 1.82) is 0 Å².